The number of H-pyrrole nitrogens is 1. The number of aryl methyl sites for hydroxylation is 1. The summed E-state index contributed by atoms with van der Waals surface area (Å²) in [7, 11) is 0. The van der Waals surface area contributed by atoms with Crippen molar-refractivity contribution in [2.75, 3.05) is 6.61 Å². The summed E-state index contributed by atoms with van der Waals surface area (Å²) < 4.78 is 7.46. The van der Waals surface area contributed by atoms with Crippen LogP contribution in [0.25, 0.3) is 15.9 Å². The molecule has 2 N–H and O–H groups in total. The second kappa shape index (κ2) is 8.57. The van der Waals surface area contributed by atoms with Crippen LogP contribution in [-0.2, 0) is 6.42 Å². The topological polar surface area (TPSA) is 110 Å². The van der Waals surface area contributed by atoms with Crippen LogP contribution in [0.4, 0.5) is 5.13 Å². The van der Waals surface area contributed by atoms with E-state index < -0.39 is 17.1 Å². The Balaban J connectivity index is 1.77. The van der Waals surface area contributed by atoms with Gasteiger partial charge in [-0.05, 0) is 43.2 Å². The van der Waals surface area contributed by atoms with Crippen LogP contribution in [0.2, 0.25) is 0 Å². The first kappa shape index (κ1) is 20.5. The molecule has 2 aromatic carbocycles. The minimum Gasteiger partial charge on any atom is -0.494 e. The van der Waals surface area contributed by atoms with Crippen molar-refractivity contribution in [3.05, 3.63) is 74.4 Å². The smallest absolute Gasteiger partial charge is 0.335 e. The van der Waals surface area contributed by atoms with Crippen LogP contribution in [0.15, 0.2) is 57.0 Å². The summed E-state index contributed by atoms with van der Waals surface area (Å²) in [6.45, 7) is 4.42. The molecule has 31 heavy (non-hydrogen) atoms. The molecule has 0 bridgehead atoms. The minimum absolute atomic E-state index is 0.125. The van der Waals surface area contributed by atoms with Crippen molar-refractivity contribution >= 4 is 32.9 Å². The van der Waals surface area contributed by atoms with E-state index >= 15 is 0 Å². The molecule has 0 aliphatic rings. The Hall–Kier alpha value is -3.72. The molecule has 0 saturated heterocycles. The number of aromatic amines is 1. The zero-order chi connectivity index (χ0) is 22.0. The van der Waals surface area contributed by atoms with E-state index in [0.29, 0.717) is 23.8 Å². The van der Waals surface area contributed by atoms with Crippen LogP contribution in [0, 0.1) is 0 Å². The number of rotatable bonds is 6. The summed E-state index contributed by atoms with van der Waals surface area (Å²) in [5, 5.41) is 11.2. The highest BCUT2D eigenvalue weighted by Gasteiger charge is 2.16. The van der Waals surface area contributed by atoms with E-state index in [1.54, 1.807) is 12.1 Å². The number of nitrogens with zero attached hydrogens (tertiary/aromatic N) is 3. The molecule has 0 amide bonds. The number of hydrogen-bond acceptors (Lipinski definition) is 7. The molecule has 0 atom stereocenters. The lowest BCUT2D eigenvalue weighted by molar-refractivity contribution is 0.341. The molecular formula is C22H20N4O4S. The van der Waals surface area contributed by atoms with Crippen molar-refractivity contribution in [3.8, 4) is 17.3 Å². The molecule has 0 aliphatic carbocycles. The normalized spacial score (nSPS) is 11.4. The lowest BCUT2D eigenvalue weighted by Gasteiger charge is -2.12. The fourth-order valence-corrected chi connectivity index (χ4v) is 4.07. The molecule has 4 rings (SSSR count). The summed E-state index contributed by atoms with van der Waals surface area (Å²) in [6.07, 6.45) is 1.87. The van der Waals surface area contributed by atoms with Crippen molar-refractivity contribution in [1.29, 1.82) is 0 Å². The Bertz CT molecular complexity index is 1400. The molecule has 0 aliphatic heterocycles. The lowest BCUT2D eigenvalue weighted by Crippen LogP contribution is -2.31. The van der Waals surface area contributed by atoms with Gasteiger partial charge in [-0.3, -0.25) is 9.78 Å². The van der Waals surface area contributed by atoms with Gasteiger partial charge in [-0.2, -0.15) is 0 Å². The Morgan fingerprint density at radius 1 is 1.23 bits per heavy atom. The molecule has 2 heterocycles. The van der Waals surface area contributed by atoms with Gasteiger partial charge in [-0.25, -0.2) is 19.3 Å². The van der Waals surface area contributed by atoms with Crippen LogP contribution in [0.3, 0.4) is 0 Å². The monoisotopic (exact) mass is 436 g/mol. The van der Waals surface area contributed by atoms with Gasteiger partial charge >= 0.3 is 5.69 Å². The maximum absolute atomic E-state index is 12.4. The quantitative estimate of drug-likeness (QED) is 0.449. The molecule has 0 fully saturated rings. The van der Waals surface area contributed by atoms with Gasteiger partial charge < -0.3 is 9.84 Å². The number of nitrogens with one attached hydrogen (secondary N) is 1. The highest BCUT2D eigenvalue weighted by Crippen LogP contribution is 2.31. The number of fused-ring (bicyclic) bond motifs is 1. The number of thiazole rings is 1. The van der Waals surface area contributed by atoms with E-state index in [-0.39, 0.29) is 5.56 Å². The maximum Gasteiger partial charge on any atom is 0.335 e. The van der Waals surface area contributed by atoms with Gasteiger partial charge in [0.2, 0.25) is 11.0 Å². The summed E-state index contributed by atoms with van der Waals surface area (Å²) in [4.78, 5) is 35.7. The zero-order valence-electron chi connectivity index (χ0n) is 17.0. The van der Waals surface area contributed by atoms with Gasteiger partial charge in [0.25, 0.3) is 5.56 Å². The number of ether oxygens (including phenoxy) is 1. The van der Waals surface area contributed by atoms with Gasteiger partial charge in [0.15, 0.2) is 0 Å². The van der Waals surface area contributed by atoms with Gasteiger partial charge in [-0.1, -0.05) is 36.5 Å². The van der Waals surface area contributed by atoms with Crippen molar-refractivity contribution in [2.45, 2.75) is 20.3 Å². The third-order valence-corrected chi connectivity index (χ3v) is 5.62. The van der Waals surface area contributed by atoms with E-state index in [4.69, 9.17) is 4.74 Å². The average molecular weight is 436 g/mol. The Kier molecular flexibility index (Phi) is 5.68. The summed E-state index contributed by atoms with van der Waals surface area (Å²) in [5.41, 5.74) is 0.536. The second-order valence-electron chi connectivity index (χ2n) is 6.63. The minimum atomic E-state index is -0.726. The predicted octanol–water partition coefficient (Wildman–Crippen LogP) is 3.55. The zero-order valence-corrected chi connectivity index (χ0v) is 17.8. The van der Waals surface area contributed by atoms with Crippen molar-refractivity contribution < 1.29 is 9.84 Å². The number of aliphatic imine (C=N–C) groups is 1. The SMILES string of the molecule is CCOc1ccc2nc(N=Cc3c(O)n(-c4ccccc4CC)c(=O)[nH]c3=O)sc2c1. The number of para-hydroxylation sites is 1. The molecule has 0 spiro atoms. The number of hydrogen-bond donors (Lipinski definition) is 2. The first-order chi connectivity index (χ1) is 15.0. The Morgan fingerprint density at radius 3 is 2.81 bits per heavy atom. The van der Waals surface area contributed by atoms with E-state index in [1.165, 1.54) is 17.6 Å². The number of aromatic hydroxyl groups is 1. The first-order valence-corrected chi connectivity index (χ1v) is 10.6. The standard InChI is InChI=1S/C22H20N4O4S/c1-3-13-7-5-6-8-17(13)26-20(28)15(19(27)25-22(26)29)12-23-21-24-16-10-9-14(30-4-2)11-18(16)31-21/h5-12,28H,3-4H2,1-2H3,(H,25,27,29). The van der Waals surface area contributed by atoms with Crippen molar-refractivity contribution in [2.24, 2.45) is 4.99 Å². The Morgan fingerprint density at radius 2 is 2.03 bits per heavy atom. The third-order valence-electron chi connectivity index (χ3n) is 4.70. The summed E-state index contributed by atoms with van der Waals surface area (Å²) in [6, 6.07) is 12.7. The van der Waals surface area contributed by atoms with Gasteiger partial charge in [-0.15, -0.1) is 0 Å². The van der Waals surface area contributed by atoms with Gasteiger partial charge in [0.05, 0.1) is 22.5 Å². The van der Waals surface area contributed by atoms with E-state index in [1.807, 2.05) is 44.2 Å². The summed E-state index contributed by atoms with van der Waals surface area (Å²) >= 11 is 1.33. The molecule has 2 aromatic heterocycles. The second-order valence-corrected chi connectivity index (χ2v) is 7.64. The third kappa shape index (κ3) is 3.99. The molecule has 0 saturated carbocycles. The largest absolute Gasteiger partial charge is 0.494 e. The van der Waals surface area contributed by atoms with Crippen molar-refractivity contribution in [1.82, 2.24) is 14.5 Å². The first-order valence-electron chi connectivity index (χ1n) is 9.75. The van der Waals surface area contributed by atoms with Crippen molar-refractivity contribution in [3.63, 3.8) is 0 Å². The van der Waals surface area contributed by atoms with Crippen LogP contribution >= 0.6 is 11.3 Å². The highest BCUT2D eigenvalue weighted by atomic mass is 32.1. The molecule has 158 valence electrons. The van der Waals surface area contributed by atoms with Crippen LogP contribution < -0.4 is 16.0 Å². The van der Waals surface area contributed by atoms with E-state index in [9.17, 15) is 14.7 Å². The molecule has 9 heteroatoms. The molecule has 0 radical (unpaired) electrons. The van der Waals surface area contributed by atoms with Crippen LogP contribution in [0.1, 0.15) is 25.0 Å². The van der Waals surface area contributed by atoms with Crippen LogP contribution in [-0.4, -0.2) is 32.5 Å². The summed E-state index contributed by atoms with van der Waals surface area (Å²) in [5.74, 6) is 0.267. The van der Waals surface area contributed by atoms with E-state index in [2.05, 4.69) is 15.0 Å². The Labute approximate surface area is 181 Å². The van der Waals surface area contributed by atoms with Gasteiger partial charge in [0.1, 0.15) is 11.3 Å². The fraction of sp³-hybridized carbons (Fsp3) is 0.182. The average Bonchev–Trinajstić information content (AvgIpc) is 3.16. The predicted molar refractivity (Wildman–Crippen MR) is 122 cm³/mol. The van der Waals surface area contributed by atoms with Gasteiger partial charge in [0, 0.05) is 6.21 Å². The maximum atomic E-state index is 12.4. The molecule has 4 aromatic rings. The lowest BCUT2D eigenvalue weighted by atomic mass is 10.1. The highest BCUT2D eigenvalue weighted by molar-refractivity contribution is 7.22. The molecule has 8 nitrogen and oxygen atoms in total. The number of aromatic nitrogens is 3. The fourth-order valence-electron chi connectivity index (χ4n) is 3.23. The molecular weight excluding hydrogens is 416 g/mol. The van der Waals surface area contributed by atoms with E-state index in [0.717, 1.165) is 26.1 Å². The number of benzene rings is 2. The molecule has 0 unspecified atom stereocenters. The van der Waals surface area contributed by atoms with Crippen LogP contribution in [0.5, 0.6) is 11.6 Å².